The first-order valence-corrected chi connectivity index (χ1v) is 22.4. The molecule has 0 unspecified atom stereocenters. The first-order valence-electron chi connectivity index (χ1n) is 22.4. The minimum atomic E-state index is -0.877. The van der Waals surface area contributed by atoms with Gasteiger partial charge < -0.3 is 63.9 Å². The van der Waals surface area contributed by atoms with Crippen LogP contribution in [0.15, 0.2) is 36.4 Å². The van der Waals surface area contributed by atoms with E-state index in [2.05, 4.69) is 21.3 Å². The van der Waals surface area contributed by atoms with E-state index in [1.165, 1.54) is 12.2 Å². The van der Waals surface area contributed by atoms with Crippen molar-refractivity contribution in [2.75, 3.05) is 124 Å². The molecule has 1 aliphatic rings. The first-order chi connectivity index (χ1) is 31.8. The molecule has 1 aromatic rings. The number of imide groups is 1. The minimum absolute atomic E-state index is 0.0356. The molecule has 0 aromatic heterocycles. The molecule has 21 heteroatoms. The number of ether oxygens (including phenoxy) is 9. The highest BCUT2D eigenvalue weighted by atomic mass is 16.6. The van der Waals surface area contributed by atoms with E-state index in [1.807, 2.05) is 0 Å². The fraction of sp³-hybridized carbons (Fsp3) is 0.667. The van der Waals surface area contributed by atoms with E-state index in [0.717, 1.165) is 10.5 Å². The number of rotatable bonds is 39. The maximum absolute atomic E-state index is 13.0. The van der Waals surface area contributed by atoms with Crippen molar-refractivity contribution >= 4 is 47.1 Å². The van der Waals surface area contributed by atoms with E-state index in [1.54, 1.807) is 58.9 Å². The van der Waals surface area contributed by atoms with Gasteiger partial charge in [-0.3, -0.25) is 38.5 Å². The topological polar surface area (TPSA) is 254 Å². The number of benzene rings is 1. The lowest BCUT2D eigenvalue weighted by atomic mass is 10.0. The van der Waals surface area contributed by atoms with Crippen molar-refractivity contribution in [2.45, 2.75) is 66.2 Å². The number of nitrogens with one attached hydrogen (secondary N) is 4. The molecule has 2 atom stereocenters. The van der Waals surface area contributed by atoms with Crippen LogP contribution in [0.1, 0.15) is 53.0 Å². The Balaban J connectivity index is 1.33. The van der Waals surface area contributed by atoms with Gasteiger partial charge in [-0.1, -0.05) is 39.8 Å². The highest BCUT2D eigenvalue weighted by Crippen LogP contribution is 2.12. The highest BCUT2D eigenvalue weighted by Gasteiger charge is 2.27. The lowest BCUT2D eigenvalue weighted by molar-refractivity contribution is -0.148. The van der Waals surface area contributed by atoms with E-state index in [0.29, 0.717) is 105 Å². The van der Waals surface area contributed by atoms with Gasteiger partial charge in [0.1, 0.15) is 18.7 Å². The van der Waals surface area contributed by atoms with Gasteiger partial charge in [-0.2, -0.15) is 0 Å². The molecule has 0 fully saturated rings. The van der Waals surface area contributed by atoms with Crippen LogP contribution in [0, 0.1) is 11.8 Å². The average molecular weight is 938 g/mol. The number of nitrogens with zero attached hydrogens (tertiary/aromatic N) is 1. The summed E-state index contributed by atoms with van der Waals surface area (Å²) in [7, 11) is 0. The van der Waals surface area contributed by atoms with Crippen LogP contribution in [0.3, 0.4) is 0 Å². The Morgan fingerprint density at radius 1 is 0.545 bits per heavy atom. The van der Waals surface area contributed by atoms with Crippen LogP contribution in [0.4, 0.5) is 5.69 Å². The molecule has 1 aliphatic heterocycles. The zero-order valence-electron chi connectivity index (χ0n) is 39.1. The highest BCUT2D eigenvalue weighted by molar-refractivity contribution is 6.13. The molecule has 1 aromatic carbocycles. The molecule has 0 spiro atoms. The number of carbonyl (C=O) groups excluding carboxylic acids is 7. The molecule has 0 aliphatic carbocycles. The quantitative estimate of drug-likeness (QED) is 0.0407. The van der Waals surface area contributed by atoms with Crippen LogP contribution in [0.5, 0.6) is 0 Å². The number of carbonyl (C=O) groups is 7. The lowest BCUT2D eigenvalue weighted by Crippen LogP contribution is -2.53. The number of amides is 6. The number of anilines is 1. The van der Waals surface area contributed by atoms with Crippen LogP contribution in [-0.4, -0.2) is 177 Å². The molecular weight excluding hydrogens is 867 g/mol. The molecule has 0 bridgehead atoms. The Labute approximate surface area is 387 Å². The van der Waals surface area contributed by atoms with Crippen LogP contribution in [0.25, 0.3) is 0 Å². The second kappa shape index (κ2) is 35.3. The smallest absolute Gasteiger partial charge is 0.308 e. The second-order valence-corrected chi connectivity index (χ2v) is 15.4. The van der Waals surface area contributed by atoms with Crippen LogP contribution in [0.2, 0.25) is 0 Å². The number of hydrogen-bond acceptors (Lipinski definition) is 16. The van der Waals surface area contributed by atoms with Crippen LogP contribution < -0.4 is 21.3 Å². The summed E-state index contributed by atoms with van der Waals surface area (Å²) < 4.78 is 49.0. The van der Waals surface area contributed by atoms with Gasteiger partial charge in [0.2, 0.25) is 23.6 Å². The molecule has 66 heavy (non-hydrogen) atoms. The second-order valence-electron chi connectivity index (χ2n) is 15.4. The third kappa shape index (κ3) is 26.9. The monoisotopic (exact) mass is 937 g/mol. The van der Waals surface area contributed by atoms with Crippen molar-refractivity contribution in [1.82, 2.24) is 20.9 Å². The zero-order chi connectivity index (χ0) is 48.4. The predicted octanol–water partition coefficient (Wildman–Crippen LogP) is 0.924. The SMILES string of the molecule is CC(C)C(=O)OCc1ccc(NC(=O)[C@H](C)NC(=O)[C@@H](NC(=O)CCOCCOCCOCCOCCOCCOCCOCCOCCNC(=O)CCN2C(=O)C=CC2=O)C(C)C)cc1. The fourth-order valence-corrected chi connectivity index (χ4v) is 5.43. The van der Waals surface area contributed by atoms with Gasteiger partial charge in [-0.25, -0.2) is 0 Å². The molecule has 2 rings (SSSR count). The van der Waals surface area contributed by atoms with Crippen molar-refractivity contribution in [3.8, 4) is 0 Å². The molecule has 1 heterocycles. The van der Waals surface area contributed by atoms with E-state index in [4.69, 9.17) is 42.6 Å². The van der Waals surface area contributed by atoms with E-state index in [-0.39, 0.29) is 68.8 Å². The number of esters is 1. The third-order valence-electron chi connectivity index (χ3n) is 9.20. The van der Waals surface area contributed by atoms with E-state index in [9.17, 15) is 33.6 Å². The van der Waals surface area contributed by atoms with Gasteiger partial charge in [0.15, 0.2) is 0 Å². The molecule has 6 amide bonds. The summed E-state index contributed by atoms with van der Waals surface area (Å²) in [5.74, 6) is -3.12. The molecule has 0 saturated carbocycles. The summed E-state index contributed by atoms with van der Waals surface area (Å²) in [6.45, 7) is 15.0. The Morgan fingerprint density at radius 2 is 1.00 bits per heavy atom. The maximum atomic E-state index is 13.0. The molecule has 372 valence electrons. The molecule has 0 radical (unpaired) electrons. The van der Waals surface area contributed by atoms with Gasteiger partial charge in [-0.05, 0) is 30.5 Å². The van der Waals surface area contributed by atoms with Gasteiger partial charge in [0, 0.05) is 43.8 Å². The lowest BCUT2D eigenvalue weighted by Gasteiger charge is -2.24. The summed E-state index contributed by atoms with van der Waals surface area (Å²) in [6.07, 6.45) is 2.45. The van der Waals surface area contributed by atoms with Gasteiger partial charge in [0.25, 0.3) is 11.8 Å². The summed E-state index contributed by atoms with van der Waals surface area (Å²) in [4.78, 5) is 85.8. The van der Waals surface area contributed by atoms with Gasteiger partial charge in [0.05, 0.1) is 112 Å². The van der Waals surface area contributed by atoms with Gasteiger partial charge >= 0.3 is 5.97 Å². The summed E-state index contributed by atoms with van der Waals surface area (Å²) >= 11 is 0. The van der Waals surface area contributed by atoms with Crippen molar-refractivity contribution in [3.63, 3.8) is 0 Å². The predicted molar refractivity (Wildman–Crippen MR) is 239 cm³/mol. The van der Waals surface area contributed by atoms with Crippen molar-refractivity contribution in [2.24, 2.45) is 11.8 Å². The van der Waals surface area contributed by atoms with Crippen molar-refractivity contribution in [1.29, 1.82) is 0 Å². The molecular formula is C45H71N5O16. The Morgan fingerprint density at radius 3 is 1.45 bits per heavy atom. The maximum Gasteiger partial charge on any atom is 0.308 e. The summed E-state index contributed by atoms with van der Waals surface area (Å²) in [5, 5.41) is 10.8. The standard InChI is InChI=1S/C45H71N5O16/c1-33(2)42(44(56)47-35(5)43(55)48-37-8-6-36(7-9-37)32-66-45(57)34(3)4)49-39(52)13-16-58-18-20-60-22-24-62-26-28-64-30-31-65-29-27-63-25-23-61-21-19-59-17-14-46-38(51)12-15-50-40(53)10-11-41(50)54/h6-11,33-35,42H,12-32H2,1-5H3,(H,46,51)(H,47,56)(H,48,55)(H,49,52)/t35-,42-/m0/s1. The Hall–Kier alpha value is -4.87. The summed E-state index contributed by atoms with van der Waals surface area (Å²) in [5.41, 5.74) is 1.28. The third-order valence-corrected chi connectivity index (χ3v) is 9.20. The largest absolute Gasteiger partial charge is 0.461 e. The summed E-state index contributed by atoms with van der Waals surface area (Å²) in [6, 6.07) is 5.11. The van der Waals surface area contributed by atoms with E-state index >= 15 is 0 Å². The molecule has 21 nitrogen and oxygen atoms in total. The zero-order valence-corrected chi connectivity index (χ0v) is 39.1. The van der Waals surface area contributed by atoms with Gasteiger partial charge in [-0.15, -0.1) is 0 Å². The normalized spacial score (nSPS) is 13.3. The van der Waals surface area contributed by atoms with Crippen molar-refractivity contribution < 1.29 is 76.2 Å². The minimum Gasteiger partial charge on any atom is -0.461 e. The molecule has 4 N–H and O–H groups in total. The Kier molecular flexibility index (Phi) is 30.7. The first kappa shape index (κ1) is 57.3. The average Bonchev–Trinajstić information content (AvgIpc) is 3.61. The Bertz CT molecular complexity index is 1610. The molecule has 0 saturated heterocycles. The van der Waals surface area contributed by atoms with Crippen molar-refractivity contribution in [3.05, 3.63) is 42.0 Å². The number of hydrogen-bond donors (Lipinski definition) is 4. The van der Waals surface area contributed by atoms with Crippen LogP contribution >= 0.6 is 0 Å². The fourth-order valence-electron chi connectivity index (χ4n) is 5.43. The van der Waals surface area contributed by atoms with E-state index < -0.39 is 35.7 Å². The van der Waals surface area contributed by atoms with Crippen LogP contribution in [-0.2, 0) is 82.8 Å².